The Morgan fingerprint density at radius 3 is 2.58 bits per heavy atom. The first-order valence-corrected chi connectivity index (χ1v) is 8.16. The van der Waals surface area contributed by atoms with Crippen molar-refractivity contribution in [3.05, 3.63) is 23.3 Å². The van der Waals surface area contributed by atoms with Gasteiger partial charge in [0, 0.05) is 18.3 Å². The monoisotopic (exact) mass is 282 g/mol. The molecule has 0 aliphatic carbocycles. The third kappa shape index (κ3) is 2.62. The zero-order valence-corrected chi connectivity index (χ0v) is 12.6. The number of aryl methyl sites for hydroxylation is 1. The highest BCUT2D eigenvalue weighted by atomic mass is 32.2. The standard InChI is InChI=1S/C14H22N2O2S/c1-10-8-13(15)9-14(12(10)3)19(17,18)16-7-5-4-6-11(16)2/h8-9,11H,4-7,15H2,1-3H3. The number of nitrogen functional groups attached to an aromatic ring is 1. The van der Waals surface area contributed by atoms with Gasteiger partial charge in [-0.3, -0.25) is 0 Å². The lowest BCUT2D eigenvalue weighted by molar-refractivity contribution is 0.268. The zero-order chi connectivity index (χ0) is 14.2. The molecule has 1 aromatic rings. The molecule has 1 atom stereocenters. The molecule has 1 unspecified atom stereocenters. The number of nitrogens with two attached hydrogens (primary N) is 1. The van der Waals surface area contributed by atoms with E-state index in [2.05, 4.69) is 0 Å². The summed E-state index contributed by atoms with van der Waals surface area (Å²) >= 11 is 0. The van der Waals surface area contributed by atoms with E-state index >= 15 is 0 Å². The van der Waals surface area contributed by atoms with Crippen LogP contribution in [0.25, 0.3) is 0 Å². The highest BCUT2D eigenvalue weighted by Crippen LogP contribution is 2.29. The number of rotatable bonds is 2. The van der Waals surface area contributed by atoms with Crippen molar-refractivity contribution in [2.24, 2.45) is 0 Å². The molecule has 0 bridgehead atoms. The predicted octanol–water partition coefficient (Wildman–Crippen LogP) is 2.45. The molecule has 1 saturated heterocycles. The molecule has 2 N–H and O–H groups in total. The summed E-state index contributed by atoms with van der Waals surface area (Å²) in [5, 5.41) is 0. The van der Waals surface area contributed by atoms with Crippen LogP contribution in [0.1, 0.15) is 37.3 Å². The molecule has 106 valence electrons. The molecule has 5 heteroatoms. The number of benzene rings is 1. The van der Waals surface area contributed by atoms with Gasteiger partial charge in [0.1, 0.15) is 0 Å². The van der Waals surface area contributed by atoms with Gasteiger partial charge in [0.05, 0.1) is 4.90 Å². The second-order valence-corrected chi connectivity index (χ2v) is 7.28. The van der Waals surface area contributed by atoms with E-state index in [0.29, 0.717) is 17.1 Å². The first kappa shape index (κ1) is 14.3. The van der Waals surface area contributed by atoms with E-state index in [0.717, 1.165) is 30.4 Å². The SMILES string of the molecule is Cc1cc(N)cc(S(=O)(=O)N2CCCCC2C)c1C. The molecule has 1 heterocycles. The van der Waals surface area contributed by atoms with E-state index in [4.69, 9.17) is 5.73 Å². The molecule has 1 fully saturated rings. The van der Waals surface area contributed by atoms with Gasteiger partial charge in [0.2, 0.25) is 10.0 Å². The highest BCUT2D eigenvalue weighted by molar-refractivity contribution is 7.89. The minimum absolute atomic E-state index is 0.0693. The van der Waals surface area contributed by atoms with Gasteiger partial charge in [-0.05, 0) is 56.9 Å². The third-order valence-electron chi connectivity index (χ3n) is 3.97. The number of hydrogen-bond acceptors (Lipinski definition) is 3. The van der Waals surface area contributed by atoms with E-state index < -0.39 is 10.0 Å². The van der Waals surface area contributed by atoms with Crippen molar-refractivity contribution in [2.45, 2.75) is 51.0 Å². The van der Waals surface area contributed by atoms with E-state index in [-0.39, 0.29) is 6.04 Å². The van der Waals surface area contributed by atoms with Gasteiger partial charge in [0.25, 0.3) is 0 Å². The van der Waals surface area contributed by atoms with Gasteiger partial charge in [-0.25, -0.2) is 8.42 Å². The number of nitrogens with zero attached hydrogens (tertiary/aromatic N) is 1. The fourth-order valence-corrected chi connectivity index (χ4v) is 4.71. The Hall–Kier alpha value is -1.07. The Morgan fingerprint density at radius 1 is 1.26 bits per heavy atom. The van der Waals surface area contributed by atoms with Crippen LogP contribution in [0.3, 0.4) is 0 Å². The Kier molecular flexibility index (Phi) is 3.87. The van der Waals surface area contributed by atoms with Gasteiger partial charge in [-0.1, -0.05) is 6.42 Å². The van der Waals surface area contributed by atoms with Gasteiger partial charge >= 0.3 is 0 Å². The maximum atomic E-state index is 12.8. The molecule has 2 rings (SSSR count). The normalized spacial score (nSPS) is 21.5. The van der Waals surface area contributed by atoms with Crippen molar-refractivity contribution in [2.75, 3.05) is 12.3 Å². The zero-order valence-electron chi connectivity index (χ0n) is 11.8. The highest BCUT2D eigenvalue weighted by Gasteiger charge is 2.32. The number of hydrogen-bond donors (Lipinski definition) is 1. The summed E-state index contributed by atoms with van der Waals surface area (Å²) in [5.41, 5.74) is 8.03. The first-order valence-electron chi connectivity index (χ1n) is 6.72. The molecule has 0 radical (unpaired) electrons. The van der Waals surface area contributed by atoms with Crippen LogP contribution in [-0.2, 0) is 10.0 Å². The van der Waals surface area contributed by atoms with Crippen molar-refractivity contribution in [3.8, 4) is 0 Å². The summed E-state index contributed by atoms with van der Waals surface area (Å²) in [7, 11) is -3.43. The average Bonchev–Trinajstić information content (AvgIpc) is 2.34. The van der Waals surface area contributed by atoms with Crippen LogP contribution in [-0.4, -0.2) is 25.3 Å². The Bertz CT molecular complexity index is 581. The quantitative estimate of drug-likeness (QED) is 0.847. The Labute approximate surface area is 115 Å². The molecular formula is C14H22N2O2S. The van der Waals surface area contributed by atoms with Crippen molar-refractivity contribution >= 4 is 15.7 Å². The lowest BCUT2D eigenvalue weighted by Crippen LogP contribution is -2.42. The van der Waals surface area contributed by atoms with Crippen molar-refractivity contribution in [1.82, 2.24) is 4.31 Å². The minimum Gasteiger partial charge on any atom is -0.399 e. The van der Waals surface area contributed by atoms with Crippen LogP contribution in [0, 0.1) is 13.8 Å². The van der Waals surface area contributed by atoms with E-state index in [1.807, 2.05) is 26.8 Å². The second-order valence-electron chi connectivity index (χ2n) is 5.42. The maximum Gasteiger partial charge on any atom is 0.243 e. The van der Waals surface area contributed by atoms with Gasteiger partial charge in [-0.2, -0.15) is 4.31 Å². The predicted molar refractivity (Wildman–Crippen MR) is 77.5 cm³/mol. The minimum atomic E-state index is -3.43. The third-order valence-corrected chi connectivity index (χ3v) is 6.11. The van der Waals surface area contributed by atoms with Crippen LogP contribution in [0.15, 0.2) is 17.0 Å². The largest absolute Gasteiger partial charge is 0.399 e. The molecule has 0 spiro atoms. The van der Waals surface area contributed by atoms with E-state index in [1.165, 1.54) is 0 Å². The lowest BCUT2D eigenvalue weighted by atomic mass is 10.1. The lowest BCUT2D eigenvalue weighted by Gasteiger charge is -2.32. The molecule has 1 aromatic carbocycles. The molecule has 1 aliphatic heterocycles. The van der Waals surface area contributed by atoms with Crippen molar-refractivity contribution < 1.29 is 8.42 Å². The smallest absolute Gasteiger partial charge is 0.243 e. The molecular weight excluding hydrogens is 260 g/mol. The summed E-state index contributed by atoms with van der Waals surface area (Å²) < 4.78 is 27.2. The number of sulfonamides is 1. The summed E-state index contributed by atoms with van der Waals surface area (Å²) in [6.45, 7) is 6.32. The maximum absolute atomic E-state index is 12.8. The van der Waals surface area contributed by atoms with Crippen LogP contribution < -0.4 is 5.73 Å². The van der Waals surface area contributed by atoms with E-state index in [1.54, 1.807) is 10.4 Å². The fraction of sp³-hybridized carbons (Fsp3) is 0.571. The van der Waals surface area contributed by atoms with Gasteiger partial charge < -0.3 is 5.73 Å². The van der Waals surface area contributed by atoms with Crippen LogP contribution in [0.4, 0.5) is 5.69 Å². The first-order chi connectivity index (χ1) is 8.84. The fourth-order valence-electron chi connectivity index (χ4n) is 2.68. The second kappa shape index (κ2) is 5.13. The molecule has 0 amide bonds. The number of anilines is 1. The Morgan fingerprint density at radius 2 is 1.95 bits per heavy atom. The van der Waals surface area contributed by atoms with Crippen LogP contribution in [0.5, 0.6) is 0 Å². The van der Waals surface area contributed by atoms with Gasteiger partial charge in [0.15, 0.2) is 0 Å². The molecule has 1 aliphatic rings. The van der Waals surface area contributed by atoms with Crippen LogP contribution in [0.2, 0.25) is 0 Å². The molecule has 19 heavy (non-hydrogen) atoms. The van der Waals surface area contributed by atoms with Crippen molar-refractivity contribution in [3.63, 3.8) is 0 Å². The number of piperidine rings is 1. The van der Waals surface area contributed by atoms with Gasteiger partial charge in [-0.15, -0.1) is 0 Å². The summed E-state index contributed by atoms with van der Waals surface area (Å²) in [6.07, 6.45) is 2.96. The summed E-state index contributed by atoms with van der Waals surface area (Å²) in [6, 6.07) is 3.47. The summed E-state index contributed by atoms with van der Waals surface area (Å²) in [4.78, 5) is 0.360. The average molecular weight is 282 g/mol. The molecule has 0 aromatic heterocycles. The van der Waals surface area contributed by atoms with E-state index in [9.17, 15) is 8.42 Å². The topological polar surface area (TPSA) is 63.4 Å². The molecule has 4 nitrogen and oxygen atoms in total. The van der Waals surface area contributed by atoms with Crippen LogP contribution >= 0.6 is 0 Å². The Balaban J connectivity index is 2.50. The molecule has 0 saturated carbocycles. The van der Waals surface area contributed by atoms with Crippen molar-refractivity contribution in [1.29, 1.82) is 0 Å². The summed E-state index contributed by atoms with van der Waals surface area (Å²) in [5.74, 6) is 0.